The van der Waals surface area contributed by atoms with Crippen molar-refractivity contribution in [3.8, 4) is 5.75 Å². The predicted molar refractivity (Wildman–Crippen MR) is 108 cm³/mol. The zero-order valence-electron chi connectivity index (χ0n) is 16.5. The number of para-hydroxylation sites is 2. The maximum atomic E-state index is 12.6. The van der Waals surface area contributed by atoms with Crippen molar-refractivity contribution in [1.82, 2.24) is 13.9 Å². The molecule has 0 amide bonds. The zero-order valence-corrected chi connectivity index (χ0v) is 17.3. The first-order valence-electron chi connectivity index (χ1n) is 9.01. The first-order chi connectivity index (χ1) is 14.7. The Bertz CT molecular complexity index is 1010. The van der Waals surface area contributed by atoms with Crippen molar-refractivity contribution < 1.29 is 37.4 Å². The second-order valence-electron chi connectivity index (χ2n) is 6.33. The minimum Gasteiger partial charge on any atom is -0.484 e. The van der Waals surface area contributed by atoms with Crippen molar-refractivity contribution in [2.24, 2.45) is 0 Å². The van der Waals surface area contributed by atoms with Crippen LogP contribution in [0.5, 0.6) is 5.75 Å². The molecule has 0 bridgehead atoms. The van der Waals surface area contributed by atoms with Gasteiger partial charge in [0.25, 0.3) is 0 Å². The average molecular weight is 461 g/mol. The van der Waals surface area contributed by atoms with Gasteiger partial charge in [0.1, 0.15) is 29.2 Å². The molecule has 12 heteroatoms. The van der Waals surface area contributed by atoms with E-state index in [9.17, 15) is 17.4 Å². The summed E-state index contributed by atoms with van der Waals surface area (Å²) in [6.07, 6.45) is -2.56. The predicted octanol–water partition coefficient (Wildman–Crippen LogP) is 1.72. The first-order valence-corrected chi connectivity index (χ1v) is 10.3. The summed E-state index contributed by atoms with van der Waals surface area (Å²) in [7, 11) is -1.50. The van der Waals surface area contributed by atoms with Gasteiger partial charge in [-0.15, -0.1) is 0 Å². The Morgan fingerprint density at radius 2 is 1.84 bits per heavy atom. The second-order valence-corrected chi connectivity index (χ2v) is 7.65. The Balaban J connectivity index is 0.000000501. The van der Waals surface area contributed by atoms with Gasteiger partial charge in [0.15, 0.2) is 6.61 Å². The summed E-state index contributed by atoms with van der Waals surface area (Å²) in [5.41, 5.74) is 2.27. The molecule has 0 aliphatic rings. The highest BCUT2D eigenvalue weighted by Crippen LogP contribution is 2.24. The third kappa shape index (κ3) is 7.28. The van der Waals surface area contributed by atoms with Crippen molar-refractivity contribution >= 4 is 22.0 Å². The third-order valence-electron chi connectivity index (χ3n) is 3.97. The summed E-state index contributed by atoms with van der Waals surface area (Å²) >= 11 is 0. The van der Waals surface area contributed by atoms with E-state index in [1.54, 1.807) is 19.1 Å². The molecule has 0 aliphatic heterocycles. The smallest absolute Gasteiger partial charge is 0.422 e. The van der Waals surface area contributed by atoms with E-state index in [2.05, 4.69) is 9.97 Å². The Hall–Kier alpha value is -2.54. The molecule has 2 aromatic heterocycles. The van der Waals surface area contributed by atoms with Gasteiger partial charge in [-0.25, -0.2) is 13.2 Å². The van der Waals surface area contributed by atoms with Gasteiger partial charge in [-0.1, -0.05) is 12.1 Å². The number of ether oxygens (including phenoxy) is 1. The molecule has 8 nitrogen and oxygen atoms in total. The zero-order chi connectivity index (χ0) is 23.0. The molecular weight excluding hydrogens is 439 g/mol. The quantitative estimate of drug-likeness (QED) is 0.490. The van der Waals surface area contributed by atoms with Gasteiger partial charge in [-0.2, -0.15) is 13.2 Å². The van der Waals surface area contributed by atoms with Crippen LogP contribution in [0.15, 0.2) is 42.9 Å². The van der Waals surface area contributed by atoms with E-state index < -0.39 is 29.9 Å². The molecule has 0 aliphatic carbocycles. The van der Waals surface area contributed by atoms with Crippen molar-refractivity contribution in [3.05, 3.63) is 54.1 Å². The van der Waals surface area contributed by atoms with E-state index >= 15 is 0 Å². The first kappa shape index (κ1) is 24.7. The number of benzene rings is 1. The molecule has 31 heavy (non-hydrogen) atoms. The van der Waals surface area contributed by atoms with Gasteiger partial charge in [-0.3, -0.25) is 4.98 Å². The lowest BCUT2D eigenvalue weighted by atomic mass is 10.2. The lowest BCUT2D eigenvalue weighted by Crippen LogP contribution is -2.20. The number of hydrogen-bond acceptors (Lipinski definition) is 7. The molecule has 1 atom stereocenters. The van der Waals surface area contributed by atoms with Crippen LogP contribution in [-0.4, -0.2) is 65.6 Å². The number of nitrogens with zero attached hydrogens (tertiary/aromatic N) is 3. The lowest BCUT2D eigenvalue weighted by molar-refractivity contribution is -0.153. The molecular formula is C19H22F3N3O5S. The van der Waals surface area contributed by atoms with Crippen LogP contribution in [0.2, 0.25) is 0 Å². The lowest BCUT2D eigenvalue weighted by Gasteiger charge is -2.13. The van der Waals surface area contributed by atoms with Crippen molar-refractivity contribution in [1.29, 1.82) is 0 Å². The highest BCUT2D eigenvalue weighted by Gasteiger charge is 2.29. The molecule has 170 valence electrons. The molecule has 1 aromatic carbocycles. The van der Waals surface area contributed by atoms with Gasteiger partial charge in [0, 0.05) is 11.8 Å². The number of aliphatic hydroxyl groups excluding tert-OH is 3. The fourth-order valence-electron chi connectivity index (χ4n) is 2.36. The molecule has 0 saturated heterocycles. The number of rotatable bonds is 7. The van der Waals surface area contributed by atoms with Crippen LogP contribution in [0.25, 0.3) is 11.0 Å². The molecule has 0 spiro atoms. The summed E-state index contributed by atoms with van der Waals surface area (Å²) < 4.78 is 55.9. The summed E-state index contributed by atoms with van der Waals surface area (Å²) in [4.78, 5) is 8.30. The number of fused-ring (bicyclic) bond motifs is 1. The number of pyridine rings is 1. The highest BCUT2D eigenvalue weighted by atomic mass is 32.2. The average Bonchev–Trinajstić information content (AvgIpc) is 3.18. The number of imidazole rings is 1. The fraction of sp³-hybridized carbons (Fsp3) is 0.368. The molecule has 0 radical (unpaired) electrons. The van der Waals surface area contributed by atoms with Crippen molar-refractivity contribution in [3.63, 3.8) is 0 Å². The molecule has 3 rings (SSSR count). The van der Waals surface area contributed by atoms with Gasteiger partial charge in [0.05, 0.1) is 35.7 Å². The number of alkyl halides is 3. The van der Waals surface area contributed by atoms with E-state index in [4.69, 9.17) is 20.1 Å². The number of hydrogen-bond donors (Lipinski definition) is 3. The normalized spacial score (nSPS) is 12.5. The number of aromatic nitrogens is 3. The van der Waals surface area contributed by atoms with Crippen LogP contribution in [-0.2, 0) is 16.7 Å². The van der Waals surface area contributed by atoms with Crippen LogP contribution in [0.3, 0.4) is 0 Å². The van der Waals surface area contributed by atoms with Crippen LogP contribution in [0.4, 0.5) is 13.2 Å². The van der Waals surface area contributed by atoms with E-state index in [1.165, 1.54) is 22.6 Å². The summed E-state index contributed by atoms with van der Waals surface area (Å²) in [5, 5.41) is 24.0. The number of halogens is 3. The Morgan fingerprint density at radius 3 is 2.45 bits per heavy atom. The molecule has 0 fully saturated rings. The standard InChI is InChI=1S/C16H14F3N3O2S.C3H8O3/c1-11-13(20-7-6-15(11)24-9-16(17,18)19)8-25(23)22-10-21-12-4-2-3-5-14(12)22;4-1-3(6)2-5/h2-7,10H,8-9H2,1H3;3-6H,1-2H2. The highest BCUT2D eigenvalue weighted by molar-refractivity contribution is 7.82. The topological polar surface area (TPSA) is 118 Å². The molecule has 1 unspecified atom stereocenters. The Morgan fingerprint density at radius 1 is 1.16 bits per heavy atom. The minimum atomic E-state index is -4.42. The van der Waals surface area contributed by atoms with Crippen LogP contribution >= 0.6 is 0 Å². The fourth-order valence-corrected chi connectivity index (χ4v) is 3.55. The summed E-state index contributed by atoms with van der Waals surface area (Å²) in [6, 6.07) is 8.60. The van der Waals surface area contributed by atoms with E-state index in [0.717, 1.165) is 0 Å². The molecule has 2 heterocycles. The van der Waals surface area contributed by atoms with Gasteiger partial charge < -0.3 is 20.1 Å². The van der Waals surface area contributed by atoms with Gasteiger partial charge in [0.2, 0.25) is 0 Å². The minimum absolute atomic E-state index is 0.0371. The molecule has 0 saturated carbocycles. The summed E-state index contributed by atoms with van der Waals surface area (Å²) in [5.74, 6) is 0.116. The monoisotopic (exact) mass is 461 g/mol. The second kappa shape index (κ2) is 11.2. The van der Waals surface area contributed by atoms with E-state index in [-0.39, 0.29) is 24.7 Å². The molecule has 3 N–H and O–H groups in total. The molecule has 3 aromatic rings. The van der Waals surface area contributed by atoms with Crippen molar-refractivity contribution in [2.45, 2.75) is 25.0 Å². The van der Waals surface area contributed by atoms with Gasteiger partial charge >= 0.3 is 6.18 Å². The van der Waals surface area contributed by atoms with E-state index in [0.29, 0.717) is 22.3 Å². The maximum absolute atomic E-state index is 12.6. The largest absolute Gasteiger partial charge is 0.484 e. The Labute approximate surface area is 178 Å². The Kier molecular flexibility index (Phi) is 8.92. The van der Waals surface area contributed by atoms with Crippen LogP contribution in [0, 0.1) is 6.92 Å². The van der Waals surface area contributed by atoms with E-state index in [1.807, 2.05) is 12.1 Å². The van der Waals surface area contributed by atoms with Crippen LogP contribution in [0.1, 0.15) is 11.3 Å². The van der Waals surface area contributed by atoms with Gasteiger partial charge in [-0.05, 0) is 25.1 Å². The maximum Gasteiger partial charge on any atom is 0.422 e. The van der Waals surface area contributed by atoms with Crippen LogP contribution < -0.4 is 4.74 Å². The summed E-state index contributed by atoms with van der Waals surface area (Å²) in [6.45, 7) is -0.517. The van der Waals surface area contributed by atoms with Crippen molar-refractivity contribution in [2.75, 3.05) is 19.8 Å². The SMILES string of the molecule is Cc1c(OCC(F)(F)F)ccnc1CS(=O)n1cnc2ccccc21.OCC(O)CO. The number of aliphatic hydroxyl groups is 3. The third-order valence-corrected chi connectivity index (χ3v) is 5.22.